The maximum Gasteiger partial charge on any atom is 0.325 e. The van der Waals surface area contributed by atoms with Crippen LogP contribution in [0, 0.1) is 26.2 Å². The highest BCUT2D eigenvalue weighted by Crippen LogP contribution is 2.20. The fourth-order valence-corrected chi connectivity index (χ4v) is 3.66. The van der Waals surface area contributed by atoms with Crippen LogP contribution in [-0.4, -0.2) is 35.3 Å². The Labute approximate surface area is 124 Å². The van der Waals surface area contributed by atoms with Crippen LogP contribution in [0.2, 0.25) is 0 Å². The average molecular weight is 313 g/mol. The van der Waals surface area contributed by atoms with E-state index in [9.17, 15) is 13.2 Å². The Hall–Kier alpha value is -1.85. The van der Waals surface area contributed by atoms with E-state index in [2.05, 4.69) is 15.7 Å². The third kappa shape index (κ3) is 4.06. The molecular weight excluding hydrogens is 294 g/mol. The van der Waals surface area contributed by atoms with E-state index < -0.39 is 28.6 Å². The van der Waals surface area contributed by atoms with Crippen molar-refractivity contribution in [3.63, 3.8) is 0 Å². The second kappa shape index (κ2) is 6.74. The van der Waals surface area contributed by atoms with E-state index >= 15 is 0 Å². The Bertz CT molecular complexity index is 670. The van der Waals surface area contributed by atoms with Crippen molar-refractivity contribution in [2.24, 2.45) is 0 Å². The predicted octanol–water partition coefficient (Wildman–Crippen LogP) is 0.665. The number of aliphatic carboxylic acids is 1. The Balaban J connectivity index is 3.17. The fourth-order valence-electron chi connectivity index (χ4n) is 2.06. The van der Waals surface area contributed by atoms with Gasteiger partial charge in [0.2, 0.25) is 10.0 Å². The number of carbonyl (C=O) groups is 1. The maximum atomic E-state index is 12.4. The Kier molecular flexibility index (Phi) is 5.52. The first kappa shape index (κ1) is 17.2. The number of nitrogens with zero attached hydrogens (tertiary/aromatic N) is 2. The molecule has 0 aliphatic heterocycles. The first-order valence-corrected chi connectivity index (χ1v) is 7.95. The van der Waals surface area contributed by atoms with E-state index in [1.165, 1.54) is 13.8 Å². The summed E-state index contributed by atoms with van der Waals surface area (Å²) in [5.74, 6) is 1.30. The van der Waals surface area contributed by atoms with Crippen molar-refractivity contribution in [2.45, 2.75) is 51.1 Å². The van der Waals surface area contributed by atoms with Gasteiger partial charge in [-0.1, -0.05) is 19.3 Å². The highest BCUT2D eigenvalue weighted by molar-refractivity contribution is 7.89. The van der Waals surface area contributed by atoms with Gasteiger partial charge >= 0.3 is 5.97 Å². The number of nitrogens with one attached hydrogen (secondary N) is 1. The Morgan fingerprint density at radius 2 is 2.14 bits per heavy atom. The standard InChI is InChI=1S/C13H19N3O4S/c1-5-7-11(6-2)15-21(19,20)13-9(3)14-16(10(13)4)8-12(17)18/h2,11,15H,5,7-8H2,1,3-4H3,(H,17,18). The second-order valence-electron chi connectivity index (χ2n) is 4.68. The van der Waals surface area contributed by atoms with Crippen LogP contribution in [-0.2, 0) is 21.4 Å². The molecule has 1 aromatic rings. The van der Waals surface area contributed by atoms with Gasteiger partial charge in [-0.25, -0.2) is 8.42 Å². The van der Waals surface area contributed by atoms with Gasteiger partial charge in [0.1, 0.15) is 11.4 Å². The highest BCUT2D eigenvalue weighted by atomic mass is 32.2. The molecule has 0 fully saturated rings. The SMILES string of the molecule is C#CC(CCC)NS(=O)(=O)c1c(C)nn(CC(=O)O)c1C. The smallest absolute Gasteiger partial charge is 0.325 e. The predicted molar refractivity (Wildman–Crippen MR) is 77.2 cm³/mol. The summed E-state index contributed by atoms with van der Waals surface area (Å²) in [5, 5.41) is 12.8. The van der Waals surface area contributed by atoms with Crippen molar-refractivity contribution in [3.8, 4) is 12.3 Å². The largest absolute Gasteiger partial charge is 0.480 e. The quantitative estimate of drug-likeness (QED) is 0.720. The summed E-state index contributed by atoms with van der Waals surface area (Å²) < 4.78 is 28.4. The molecule has 0 amide bonds. The van der Waals surface area contributed by atoms with Crippen LogP contribution >= 0.6 is 0 Å². The van der Waals surface area contributed by atoms with Crippen LogP contribution in [0.3, 0.4) is 0 Å². The zero-order valence-corrected chi connectivity index (χ0v) is 13.1. The van der Waals surface area contributed by atoms with Crippen molar-refractivity contribution in [3.05, 3.63) is 11.4 Å². The molecule has 0 radical (unpaired) electrons. The second-order valence-corrected chi connectivity index (χ2v) is 6.33. The molecule has 2 N–H and O–H groups in total. The van der Waals surface area contributed by atoms with Gasteiger partial charge in [-0.05, 0) is 20.3 Å². The first-order valence-electron chi connectivity index (χ1n) is 6.47. The molecule has 0 aliphatic rings. The zero-order valence-electron chi connectivity index (χ0n) is 12.3. The molecule has 0 saturated heterocycles. The van der Waals surface area contributed by atoms with Gasteiger partial charge in [0, 0.05) is 0 Å². The minimum atomic E-state index is -3.84. The van der Waals surface area contributed by atoms with Gasteiger partial charge in [-0.2, -0.15) is 9.82 Å². The van der Waals surface area contributed by atoms with E-state index in [-0.39, 0.29) is 16.3 Å². The van der Waals surface area contributed by atoms with E-state index in [1.54, 1.807) is 0 Å². The van der Waals surface area contributed by atoms with E-state index in [0.29, 0.717) is 6.42 Å². The number of terminal acetylenes is 1. The van der Waals surface area contributed by atoms with Gasteiger partial charge < -0.3 is 5.11 Å². The third-order valence-corrected chi connectivity index (χ3v) is 4.67. The third-order valence-electron chi connectivity index (χ3n) is 2.94. The number of hydrogen-bond donors (Lipinski definition) is 2. The minimum Gasteiger partial charge on any atom is -0.480 e. The van der Waals surface area contributed by atoms with Gasteiger partial charge in [0.05, 0.1) is 17.4 Å². The monoisotopic (exact) mass is 313 g/mol. The van der Waals surface area contributed by atoms with E-state index in [4.69, 9.17) is 11.5 Å². The molecule has 1 unspecified atom stereocenters. The molecule has 0 aliphatic carbocycles. The number of sulfonamides is 1. The van der Waals surface area contributed by atoms with E-state index in [1.807, 2.05) is 6.92 Å². The van der Waals surface area contributed by atoms with Crippen molar-refractivity contribution < 1.29 is 18.3 Å². The summed E-state index contributed by atoms with van der Waals surface area (Å²) in [5.41, 5.74) is 0.517. The molecule has 8 heteroatoms. The van der Waals surface area contributed by atoms with Gasteiger partial charge in [-0.15, -0.1) is 6.42 Å². The van der Waals surface area contributed by atoms with Crippen molar-refractivity contribution in [2.75, 3.05) is 0 Å². The number of hydrogen-bond acceptors (Lipinski definition) is 4. The molecule has 1 rings (SSSR count). The molecule has 1 atom stereocenters. The van der Waals surface area contributed by atoms with E-state index in [0.717, 1.165) is 11.1 Å². The summed E-state index contributed by atoms with van der Waals surface area (Å²) in [7, 11) is -3.84. The fraction of sp³-hybridized carbons (Fsp3) is 0.538. The summed E-state index contributed by atoms with van der Waals surface area (Å²) in [6.07, 6.45) is 6.58. The molecule has 1 heterocycles. The van der Waals surface area contributed by atoms with Crippen LogP contribution in [0.5, 0.6) is 0 Å². The van der Waals surface area contributed by atoms with Crippen LogP contribution < -0.4 is 4.72 Å². The molecular formula is C13H19N3O4S. The number of rotatable bonds is 7. The lowest BCUT2D eigenvalue weighted by Crippen LogP contribution is -2.34. The summed E-state index contributed by atoms with van der Waals surface area (Å²) in [4.78, 5) is 10.7. The topological polar surface area (TPSA) is 101 Å². The molecule has 0 saturated carbocycles. The van der Waals surface area contributed by atoms with Crippen molar-refractivity contribution in [1.29, 1.82) is 0 Å². The normalized spacial score (nSPS) is 12.9. The van der Waals surface area contributed by atoms with Gasteiger partial charge in [-0.3, -0.25) is 9.48 Å². The summed E-state index contributed by atoms with van der Waals surface area (Å²) >= 11 is 0. The molecule has 0 aromatic carbocycles. The lowest BCUT2D eigenvalue weighted by atomic mass is 10.2. The lowest BCUT2D eigenvalue weighted by molar-refractivity contribution is -0.137. The number of aryl methyl sites for hydroxylation is 1. The summed E-state index contributed by atoms with van der Waals surface area (Å²) in [6, 6.07) is -0.596. The van der Waals surface area contributed by atoms with Crippen LogP contribution in [0.4, 0.5) is 0 Å². The Morgan fingerprint density at radius 3 is 2.62 bits per heavy atom. The van der Waals surface area contributed by atoms with Crippen molar-refractivity contribution >= 4 is 16.0 Å². The first-order chi connectivity index (χ1) is 9.72. The molecule has 7 nitrogen and oxygen atoms in total. The summed E-state index contributed by atoms with van der Waals surface area (Å²) in [6.45, 7) is 4.54. The molecule has 0 spiro atoms. The molecule has 116 valence electrons. The van der Waals surface area contributed by atoms with Crippen LogP contribution in [0.15, 0.2) is 4.90 Å². The van der Waals surface area contributed by atoms with Gasteiger partial charge in [0.25, 0.3) is 0 Å². The molecule has 21 heavy (non-hydrogen) atoms. The number of aromatic nitrogens is 2. The van der Waals surface area contributed by atoms with Gasteiger partial charge in [0.15, 0.2) is 0 Å². The van der Waals surface area contributed by atoms with Crippen LogP contribution in [0.1, 0.15) is 31.2 Å². The number of carboxylic acid groups (broad SMARTS) is 1. The zero-order chi connectivity index (χ0) is 16.2. The van der Waals surface area contributed by atoms with Crippen molar-refractivity contribution in [1.82, 2.24) is 14.5 Å². The van der Waals surface area contributed by atoms with Crippen LogP contribution in [0.25, 0.3) is 0 Å². The molecule has 1 aromatic heterocycles. The molecule has 0 bridgehead atoms. The Morgan fingerprint density at radius 1 is 1.52 bits per heavy atom. The highest BCUT2D eigenvalue weighted by Gasteiger charge is 2.27. The number of carboxylic acids is 1. The maximum absolute atomic E-state index is 12.4. The average Bonchev–Trinajstić information content (AvgIpc) is 2.63. The minimum absolute atomic E-state index is 0.0138. The lowest BCUT2D eigenvalue weighted by Gasteiger charge is -2.12.